The smallest absolute Gasteiger partial charge is 0.250 e. The number of rotatable bonds is 3. The standard InChI is InChI=1S/C22H25N3O2/c1-2-25-20(26)16-17-8-6-7-11-19(17)21(25)22(27)24-14-12-23(13-15-24)18-9-4-3-5-10-18/h3-11,21H,2,12-16H2,1H3. The summed E-state index contributed by atoms with van der Waals surface area (Å²) < 4.78 is 0. The summed E-state index contributed by atoms with van der Waals surface area (Å²) in [7, 11) is 0. The third kappa shape index (κ3) is 3.29. The summed E-state index contributed by atoms with van der Waals surface area (Å²) >= 11 is 0. The number of fused-ring (bicyclic) bond motifs is 1. The maximum atomic E-state index is 13.4. The number of anilines is 1. The molecule has 1 fully saturated rings. The van der Waals surface area contributed by atoms with Gasteiger partial charge in [0.25, 0.3) is 0 Å². The van der Waals surface area contributed by atoms with Gasteiger partial charge in [0.15, 0.2) is 0 Å². The molecular formula is C22H25N3O2. The zero-order valence-corrected chi connectivity index (χ0v) is 15.7. The van der Waals surface area contributed by atoms with Crippen molar-refractivity contribution in [3.05, 3.63) is 65.7 Å². The van der Waals surface area contributed by atoms with Gasteiger partial charge in [0, 0.05) is 38.4 Å². The van der Waals surface area contributed by atoms with Crippen LogP contribution in [0, 0.1) is 0 Å². The Balaban J connectivity index is 1.53. The lowest BCUT2D eigenvalue weighted by Gasteiger charge is -2.41. The van der Waals surface area contributed by atoms with Crippen molar-refractivity contribution in [1.82, 2.24) is 9.80 Å². The lowest BCUT2D eigenvalue weighted by molar-refractivity contribution is -0.147. The Bertz CT molecular complexity index is 828. The van der Waals surface area contributed by atoms with Crippen LogP contribution >= 0.6 is 0 Å². The largest absolute Gasteiger partial charge is 0.368 e. The van der Waals surface area contributed by atoms with Gasteiger partial charge in [-0.05, 0) is 30.2 Å². The first-order chi connectivity index (χ1) is 13.2. The third-order valence-corrected chi connectivity index (χ3v) is 5.61. The van der Waals surface area contributed by atoms with Crippen LogP contribution in [-0.4, -0.2) is 54.3 Å². The SMILES string of the molecule is CCN1C(=O)Cc2ccccc2C1C(=O)N1CCN(c2ccccc2)CC1. The number of piperazine rings is 1. The number of carbonyl (C=O) groups excluding carboxylic acids is 2. The minimum Gasteiger partial charge on any atom is -0.368 e. The van der Waals surface area contributed by atoms with E-state index in [1.807, 2.05) is 54.3 Å². The number of benzene rings is 2. The zero-order valence-electron chi connectivity index (χ0n) is 15.7. The van der Waals surface area contributed by atoms with Crippen molar-refractivity contribution in [2.45, 2.75) is 19.4 Å². The average molecular weight is 363 g/mol. The van der Waals surface area contributed by atoms with Crippen molar-refractivity contribution < 1.29 is 9.59 Å². The monoisotopic (exact) mass is 363 g/mol. The van der Waals surface area contributed by atoms with Crippen LogP contribution in [0.5, 0.6) is 0 Å². The van der Waals surface area contributed by atoms with Crippen LogP contribution < -0.4 is 4.90 Å². The summed E-state index contributed by atoms with van der Waals surface area (Å²) in [5, 5.41) is 0. The Morgan fingerprint density at radius 3 is 2.33 bits per heavy atom. The van der Waals surface area contributed by atoms with E-state index in [2.05, 4.69) is 17.0 Å². The summed E-state index contributed by atoms with van der Waals surface area (Å²) in [5.41, 5.74) is 3.15. The second-order valence-electron chi connectivity index (χ2n) is 7.11. The van der Waals surface area contributed by atoms with E-state index in [9.17, 15) is 9.59 Å². The molecule has 5 nitrogen and oxygen atoms in total. The van der Waals surface area contributed by atoms with Crippen LogP contribution in [-0.2, 0) is 16.0 Å². The second kappa shape index (κ2) is 7.43. The molecule has 2 aliphatic rings. The fraction of sp³-hybridized carbons (Fsp3) is 0.364. The molecular weight excluding hydrogens is 338 g/mol. The van der Waals surface area contributed by atoms with E-state index in [-0.39, 0.29) is 11.8 Å². The average Bonchev–Trinajstić information content (AvgIpc) is 2.73. The predicted molar refractivity (Wildman–Crippen MR) is 106 cm³/mol. The van der Waals surface area contributed by atoms with E-state index in [0.717, 1.165) is 24.2 Å². The van der Waals surface area contributed by atoms with Gasteiger partial charge >= 0.3 is 0 Å². The van der Waals surface area contributed by atoms with Crippen LogP contribution in [0.2, 0.25) is 0 Å². The van der Waals surface area contributed by atoms with E-state index < -0.39 is 6.04 Å². The fourth-order valence-corrected chi connectivity index (χ4v) is 4.16. The molecule has 0 saturated carbocycles. The number of hydrogen-bond donors (Lipinski definition) is 0. The molecule has 2 aromatic carbocycles. The van der Waals surface area contributed by atoms with Crippen LogP contribution in [0.1, 0.15) is 24.1 Å². The Morgan fingerprint density at radius 1 is 0.963 bits per heavy atom. The highest BCUT2D eigenvalue weighted by Crippen LogP contribution is 2.32. The van der Waals surface area contributed by atoms with Gasteiger partial charge in [-0.2, -0.15) is 0 Å². The van der Waals surface area contributed by atoms with Crippen LogP contribution in [0.25, 0.3) is 0 Å². The molecule has 0 bridgehead atoms. The molecule has 1 saturated heterocycles. The summed E-state index contributed by atoms with van der Waals surface area (Å²) in [6.07, 6.45) is 0.385. The molecule has 140 valence electrons. The van der Waals surface area contributed by atoms with E-state index in [1.165, 1.54) is 5.69 Å². The highest BCUT2D eigenvalue weighted by Gasteiger charge is 2.38. The van der Waals surface area contributed by atoms with E-state index in [0.29, 0.717) is 26.1 Å². The molecule has 5 heteroatoms. The molecule has 2 aromatic rings. The maximum absolute atomic E-state index is 13.4. The van der Waals surface area contributed by atoms with Crippen molar-refractivity contribution in [3.8, 4) is 0 Å². The zero-order chi connectivity index (χ0) is 18.8. The lowest BCUT2D eigenvalue weighted by atomic mass is 9.91. The van der Waals surface area contributed by atoms with Gasteiger partial charge in [-0.1, -0.05) is 42.5 Å². The first kappa shape index (κ1) is 17.6. The molecule has 0 aliphatic carbocycles. The first-order valence-corrected chi connectivity index (χ1v) is 9.65. The molecule has 0 N–H and O–H groups in total. The Kier molecular flexibility index (Phi) is 4.84. The number of amides is 2. The van der Waals surface area contributed by atoms with Gasteiger partial charge in [0.2, 0.25) is 11.8 Å². The highest BCUT2D eigenvalue weighted by atomic mass is 16.2. The predicted octanol–water partition coefficient (Wildman–Crippen LogP) is 2.48. The van der Waals surface area contributed by atoms with E-state index >= 15 is 0 Å². The van der Waals surface area contributed by atoms with Crippen molar-refractivity contribution in [3.63, 3.8) is 0 Å². The van der Waals surface area contributed by atoms with Gasteiger partial charge in [0.1, 0.15) is 6.04 Å². The van der Waals surface area contributed by atoms with E-state index in [4.69, 9.17) is 0 Å². The topological polar surface area (TPSA) is 43.9 Å². The summed E-state index contributed by atoms with van der Waals surface area (Å²) in [4.78, 5) is 31.9. The first-order valence-electron chi connectivity index (χ1n) is 9.65. The number of carbonyl (C=O) groups is 2. The molecule has 2 heterocycles. The molecule has 0 spiro atoms. The summed E-state index contributed by atoms with van der Waals surface area (Å²) in [6, 6.07) is 17.7. The summed E-state index contributed by atoms with van der Waals surface area (Å²) in [5.74, 6) is 0.0857. The molecule has 2 aliphatic heterocycles. The van der Waals surface area contributed by atoms with E-state index in [1.54, 1.807) is 4.90 Å². The van der Waals surface area contributed by atoms with Crippen molar-refractivity contribution >= 4 is 17.5 Å². The van der Waals surface area contributed by atoms with Crippen LogP contribution in [0.4, 0.5) is 5.69 Å². The molecule has 1 unspecified atom stereocenters. The van der Waals surface area contributed by atoms with Gasteiger partial charge in [-0.25, -0.2) is 0 Å². The van der Waals surface area contributed by atoms with Crippen LogP contribution in [0.15, 0.2) is 54.6 Å². The Labute approximate surface area is 160 Å². The Morgan fingerprint density at radius 2 is 1.63 bits per heavy atom. The minimum absolute atomic E-state index is 0.0393. The quantitative estimate of drug-likeness (QED) is 0.842. The van der Waals surface area contributed by atoms with Gasteiger partial charge in [0.05, 0.1) is 6.42 Å². The molecule has 0 aromatic heterocycles. The highest BCUT2D eigenvalue weighted by molar-refractivity contribution is 5.92. The third-order valence-electron chi connectivity index (χ3n) is 5.61. The number of hydrogen-bond acceptors (Lipinski definition) is 3. The van der Waals surface area contributed by atoms with Crippen molar-refractivity contribution in [2.75, 3.05) is 37.6 Å². The Hall–Kier alpha value is -2.82. The minimum atomic E-state index is -0.490. The maximum Gasteiger partial charge on any atom is 0.250 e. The van der Waals surface area contributed by atoms with Gasteiger partial charge in [-0.3, -0.25) is 9.59 Å². The van der Waals surface area contributed by atoms with Crippen molar-refractivity contribution in [1.29, 1.82) is 0 Å². The molecule has 4 rings (SSSR count). The fourth-order valence-electron chi connectivity index (χ4n) is 4.16. The number of likely N-dealkylation sites (N-methyl/N-ethyl adjacent to an activating group) is 1. The van der Waals surface area contributed by atoms with Crippen molar-refractivity contribution in [2.24, 2.45) is 0 Å². The normalized spacial score (nSPS) is 19.8. The number of nitrogens with zero attached hydrogens (tertiary/aromatic N) is 3. The summed E-state index contributed by atoms with van der Waals surface area (Å²) in [6.45, 7) is 5.47. The molecule has 1 atom stereocenters. The lowest BCUT2D eigenvalue weighted by Crippen LogP contribution is -2.54. The molecule has 0 radical (unpaired) electrons. The van der Waals surface area contributed by atoms with Gasteiger partial charge < -0.3 is 14.7 Å². The van der Waals surface area contributed by atoms with Gasteiger partial charge in [-0.15, -0.1) is 0 Å². The number of para-hydroxylation sites is 1. The molecule has 27 heavy (non-hydrogen) atoms. The van der Waals surface area contributed by atoms with Crippen LogP contribution in [0.3, 0.4) is 0 Å². The molecule has 2 amide bonds. The second-order valence-corrected chi connectivity index (χ2v) is 7.11.